The van der Waals surface area contributed by atoms with E-state index < -0.39 is 10.0 Å². The standard InChI is InChI=1S/C6H10Cl3NO2/c7-6(8,9)5-10(1-3-11)2-4-12-5/h5,11H,1-4H2. The van der Waals surface area contributed by atoms with Gasteiger partial charge >= 0.3 is 0 Å². The lowest BCUT2D eigenvalue weighted by Crippen LogP contribution is -2.41. The molecule has 0 aromatic heterocycles. The summed E-state index contributed by atoms with van der Waals surface area (Å²) >= 11 is 17.0. The van der Waals surface area contributed by atoms with Gasteiger partial charge < -0.3 is 9.84 Å². The average molecular weight is 235 g/mol. The van der Waals surface area contributed by atoms with E-state index in [1.807, 2.05) is 0 Å². The van der Waals surface area contributed by atoms with Crippen molar-refractivity contribution in [3.63, 3.8) is 0 Å². The van der Waals surface area contributed by atoms with Crippen LogP contribution in [-0.4, -0.2) is 46.3 Å². The first-order valence-corrected chi connectivity index (χ1v) is 4.72. The molecular formula is C6H10Cl3NO2. The van der Waals surface area contributed by atoms with Crippen LogP contribution in [0.5, 0.6) is 0 Å². The highest BCUT2D eigenvalue weighted by molar-refractivity contribution is 6.68. The molecule has 1 fully saturated rings. The van der Waals surface area contributed by atoms with Crippen LogP contribution < -0.4 is 0 Å². The lowest BCUT2D eigenvalue weighted by atomic mass is 10.5. The van der Waals surface area contributed by atoms with Crippen molar-refractivity contribution in [1.82, 2.24) is 4.90 Å². The molecule has 0 bridgehead atoms. The van der Waals surface area contributed by atoms with Crippen LogP contribution in [0.3, 0.4) is 0 Å². The minimum Gasteiger partial charge on any atom is -0.395 e. The highest BCUT2D eigenvalue weighted by Gasteiger charge is 2.41. The van der Waals surface area contributed by atoms with Crippen molar-refractivity contribution >= 4 is 34.8 Å². The highest BCUT2D eigenvalue weighted by Crippen LogP contribution is 2.35. The zero-order valence-electron chi connectivity index (χ0n) is 6.34. The van der Waals surface area contributed by atoms with Gasteiger partial charge in [0.05, 0.1) is 13.2 Å². The molecule has 0 aliphatic carbocycles. The van der Waals surface area contributed by atoms with Gasteiger partial charge in [-0.1, -0.05) is 34.8 Å². The number of rotatable bonds is 2. The Morgan fingerprint density at radius 3 is 2.67 bits per heavy atom. The molecule has 1 atom stereocenters. The van der Waals surface area contributed by atoms with Crippen LogP contribution in [0.4, 0.5) is 0 Å². The van der Waals surface area contributed by atoms with Crippen molar-refractivity contribution in [2.75, 3.05) is 26.3 Å². The van der Waals surface area contributed by atoms with E-state index in [0.29, 0.717) is 19.7 Å². The maximum absolute atomic E-state index is 8.68. The Morgan fingerprint density at radius 2 is 2.17 bits per heavy atom. The molecule has 3 nitrogen and oxygen atoms in total. The molecule has 1 N–H and O–H groups in total. The van der Waals surface area contributed by atoms with E-state index in [-0.39, 0.29) is 6.61 Å². The number of ether oxygens (including phenoxy) is 1. The smallest absolute Gasteiger partial charge is 0.229 e. The van der Waals surface area contributed by atoms with Crippen molar-refractivity contribution in [2.24, 2.45) is 0 Å². The molecule has 1 heterocycles. The lowest BCUT2D eigenvalue weighted by Gasteiger charge is -2.27. The van der Waals surface area contributed by atoms with Gasteiger partial charge in [-0.2, -0.15) is 0 Å². The number of nitrogens with zero attached hydrogens (tertiary/aromatic N) is 1. The van der Waals surface area contributed by atoms with Gasteiger partial charge in [0.25, 0.3) is 0 Å². The van der Waals surface area contributed by atoms with Gasteiger partial charge in [-0.05, 0) is 0 Å². The quantitative estimate of drug-likeness (QED) is 0.724. The van der Waals surface area contributed by atoms with Gasteiger partial charge in [0.15, 0.2) is 6.23 Å². The molecule has 1 saturated heterocycles. The van der Waals surface area contributed by atoms with Gasteiger partial charge in [-0.3, -0.25) is 4.90 Å². The summed E-state index contributed by atoms with van der Waals surface area (Å²) in [6, 6.07) is 0. The predicted octanol–water partition coefficient (Wildman–Crippen LogP) is 1.01. The predicted molar refractivity (Wildman–Crippen MR) is 48.7 cm³/mol. The zero-order chi connectivity index (χ0) is 9.19. The van der Waals surface area contributed by atoms with Crippen molar-refractivity contribution in [2.45, 2.75) is 10.0 Å². The number of halogens is 3. The van der Waals surface area contributed by atoms with E-state index in [0.717, 1.165) is 0 Å². The third-order valence-corrected chi connectivity index (χ3v) is 2.21. The molecule has 0 amide bonds. The Labute approximate surface area is 86.1 Å². The van der Waals surface area contributed by atoms with E-state index >= 15 is 0 Å². The van der Waals surface area contributed by atoms with E-state index in [1.54, 1.807) is 4.90 Å². The van der Waals surface area contributed by atoms with E-state index in [9.17, 15) is 0 Å². The number of hydrogen-bond donors (Lipinski definition) is 1. The minimum atomic E-state index is -1.44. The van der Waals surface area contributed by atoms with Crippen molar-refractivity contribution in [3.8, 4) is 0 Å². The van der Waals surface area contributed by atoms with E-state index in [4.69, 9.17) is 44.6 Å². The van der Waals surface area contributed by atoms with Crippen LogP contribution in [0.25, 0.3) is 0 Å². The average Bonchev–Trinajstić information content (AvgIpc) is 2.34. The van der Waals surface area contributed by atoms with Crippen molar-refractivity contribution in [1.29, 1.82) is 0 Å². The molecular weight excluding hydrogens is 224 g/mol. The summed E-state index contributed by atoms with van der Waals surface area (Å²) in [7, 11) is 0. The Balaban J connectivity index is 2.52. The third kappa shape index (κ3) is 2.62. The molecule has 1 aliphatic heterocycles. The molecule has 0 radical (unpaired) electrons. The fourth-order valence-corrected chi connectivity index (χ4v) is 1.77. The second-order valence-corrected chi connectivity index (χ2v) is 4.89. The Bertz CT molecular complexity index is 150. The summed E-state index contributed by atoms with van der Waals surface area (Å²) in [6.45, 7) is 1.75. The SMILES string of the molecule is OCCN1CCOC1C(Cl)(Cl)Cl. The number of aliphatic hydroxyl groups is 1. The van der Waals surface area contributed by atoms with Crippen molar-refractivity contribution < 1.29 is 9.84 Å². The first kappa shape index (κ1) is 10.8. The molecule has 12 heavy (non-hydrogen) atoms. The van der Waals surface area contributed by atoms with Crippen LogP contribution in [-0.2, 0) is 4.74 Å². The van der Waals surface area contributed by atoms with Gasteiger partial charge in [-0.15, -0.1) is 0 Å². The second kappa shape index (κ2) is 4.31. The van der Waals surface area contributed by atoms with E-state index in [2.05, 4.69) is 0 Å². The molecule has 1 unspecified atom stereocenters. The molecule has 0 aromatic rings. The number of β-amino-alcohol motifs (C(OH)–C–C–N with tert-alkyl or cyclic N) is 1. The van der Waals surface area contributed by atoms with E-state index in [1.165, 1.54) is 0 Å². The zero-order valence-corrected chi connectivity index (χ0v) is 8.61. The first-order valence-electron chi connectivity index (χ1n) is 3.59. The van der Waals surface area contributed by atoms with Crippen LogP contribution >= 0.6 is 34.8 Å². The fraction of sp³-hybridized carbons (Fsp3) is 1.00. The Hall–Kier alpha value is 0.750. The fourth-order valence-electron chi connectivity index (χ4n) is 1.16. The summed E-state index contributed by atoms with van der Waals surface area (Å²) in [5.74, 6) is 0. The van der Waals surface area contributed by atoms with Gasteiger partial charge in [0.2, 0.25) is 3.79 Å². The maximum atomic E-state index is 8.68. The number of hydrogen-bond acceptors (Lipinski definition) is 3. The molecule has 0 aromatic carbocycles. The number of alkyl halides is 3. The van der Waals surface area contributed by atoms with Crippen LogP contribution in [0.1, 0.15) is 0 Å². The topological polar surface area (TPSA) is 32.7 Å². The van der Waals surface area contributed by atoms with Crippen LogP contribution in [0, 0.1) is 0 Å². The van der Waals surface area contributed by atoms with Gasteiger partial charge in [0, 0.05) is 13.1 Å². The van der Waals surface area contributed by atoms with Gasteiger partial charge in [0.1, 0.15) is 0 Å². The Morgan fingerprint density at radius 1 is 1.50 bits per heavy atom. The number of aliphatic hydroxyl groups excluding tert-OH is 1. The second-order valence-electron chi connectivity index (χ2n) is 2.52. The van der Waals surface area contributed by atoms with Crippen molar-refractivity contribution in [3.05, 3.63) is 0 Å². The summed E-state index contributed by atoms with van der Waals surface area (Å²) < 4.78 is 3.76. The maximum Gasteiger partial charge on any atom is 0.229 e. The monoisotopic (exact) mass is 233 g/mol. The lowest BCUT2D eigenvalue weighted by molar-refractivity contribution is 0.0298. The third-order valence-electron chi connectivity index (χ3n) is 1.65. The molecule has 0 spiro atoms. The van der Waals surface area contributed by atoms with Crippen LogP contribution in [0.2, 0.25) is 0 Å². The van der Waals surface area contributed by atoms with Gasteiger partial charge in [-0.25, -0.2) is 0 Å². The normalized spacial score (nSPS) is 26.5. The largest absolute Gasteiger partial charge is 0.395 e. The molecule has 1 aliphatic rings. The summed E-state index contributed by atoms with van der Waals surface area (Å²) in [5.41, 5.74) is 0. The van der Waals surface area contributed by atoms with Crippen LogP contribution in [0.15, 0.2) is 0 Å². The molecule has 0 saturated carbocycles. The summed E-state index contributed by atoms with van der Waals surface area (Å²) in [6.07, 6.45) is -0.533. The molecule has 72 valence electrons. The highest BCUT2D eigenvalue weighted by atomic mass is 35.6. The summed E-state index contributed by atoms with van der Waals surface area (Å²) in [5, 5.41) is 8.68. The molecule has 1 rings (SSSR count). The Kier molecular flexibility index (Phi) is 3.89. The minimum absolute atomic E-state index is 0.0423. The first-order chi connectivity index (χ1) is 5.55. The summed E-state index contributed by atoms with van der Waals surface area (Å²) in [4.78, 5) is 1.80. The molecule has 6 heteroatoms.